The zero-order valence-electron chi connectivity index (χ0n) is 10.8. The summed E-state index contributed by atoms with van der Waals surface area (Å²) in [5.74, 6) is 0.818. The molecule has 0 unspecified atom stereocenters. The van der Waals surface area contributed by atoms with E-state index in [1.165, 1.54) is 0 Å². The number of piperidine rings is 1. The first-order valence-corrected chi connectivity index (χ1v) is 6.46. The Labute approximate surface area is 107 Å². The van der Waals surface area contributed by atoms with E-state index in [1.54, 1.807) is 6.26 Å². The molecule has 0 spiro atoms. The number of carbonyl (C=O) groups excluding carboxylic acids is 1. The van der Waals surface area contributed by atoms with Crippen LogP contribution in [0, 0.1) is 0 Å². The Morgan fingerprint density at radius 1 is 1.61 bits per heavy atom. The van der Waals surface area contributed by atoms with Gasteiger partial charge >= 0.3 is 0 Å². The Kier molecular flexibility index (Phi) is 4.38. The van der Waals surface area contributed by atoms with Crippen LogP contribution in [0.2, 0.25) is 0 Å². The quantitative estimate of drug-likeness (QED) is 0.833. The molecule has 0 radical (unpaired) electrons. The maximum Gasteiger partial charge on any atom is 0.234 e. The SMILES string of the molecule is C[C@H](NC(=O)CN1CCC(N)CC1)c1ccco1. The number of hydrogen-bond acceptors (Lipinski definition) is 4. The molecule has 1 fully saturated rings. The van der Waals surface area contributed by atoms with E-state index in [4.69, 9.17) is 10.2 Å². The molecule has 1 aliphatic heterocycles. The molecule has 1 aromatic heterocycles. The van der Waals surface area contributed by atoms with Gasteiger partial charge in [-0.05, 0) is 31.9 Å². The van der Waals surface area contributed by atoms with Crippen LogP contribution in [0.15, 0.2) is 22.8 Å². The van der Waals surface area contributed by atoms with E-state index in [0.29, 0.717) is 12.6 Å². The van der Waals surface area contributed by atoms with E-state index in [1.807, 2.05) is 19.1 Å². The lowest BCUT2D eigenvalue weighted by atomic mass is 10.1. The van der Waals surface area contributed by atoms with Crippen LogP contribution in [0.1, 0.15) is 31.6 Å². The summed E-state index contributed by atoms with van der Waals surface area (Å²) in [6.45, 7) is 4.17. The molecule has 5 nitrogen and oxygen atoms in total. The molecular weight excluding hydrogens is 230 g/mol. The van der Waals surface area contributed by atoms with Crippen molar-refractivity contribution < 1.29 is 9.21 Å². The average molecular weight is 251 g/mol. The first-order chi connectivity index (χ1) is 8.65. The highest BCUT2D eigenvalue weighted by molar-refractivity contribution is 5.78. The van der Waals surface area contributed by atoms with E-state index >= 15 is 0 Å². The molecule has 1 atom stereocenters. The maximum absolute atomic E-state index is 11.9. The Balaban J connectivity index is 1.75. The van der Waals surface area contributed by atoms with Gasteiger partial charge < -0.3 is 15.5 Å². The van der Waals surface area contributed by atoms with Crippen LogP contribution in [-0.4, -0.2) is 36.5 Å². The van der Waals surface area contributed by atoms with Crippen molar-refractivity contribution in [2.24, 2.45) is 5.73 Å². The number of rotatable bonds is 4. The predicted molar refractivity (Wildman–Crippen MR) is 68.9 cm³/mol. The van der Waals surface area contributed by atoms with Crippen LogP contribution in [0.25, 0.3) is 0 Å². The fraction of sp³-hybridized carbons (Fsp3) is 0.615. The summed E-state index contributed by atoms with van der Waals surface area (Å²) in [5, 5.41) is 2.94. The summed E-state index contributed by atoms with van der Waals surface area (Å²) in [5.41, 5.74) is 5.83. The lowest BCUT2D eigenvalue weighted by Gasteiger charge is -2.29. The van der Waals surface area contributed by atoms with Gasteiger partial charge in [0.05, 0.1) is 18.8 Å². The zero-order valence-corrected chi connectivity index (χ0v) is 10.8. The third-order valence-electron chi connectivity index (χ3n) is 3.35. The third-order valence-corrected chi connectivity index (χ3v) is 3.35. The Morgan fingerprint density at radius 3 is 2.94 bits per heavy atom. The second kappa shape index (κ2) is 6.02. The van der Waals surface area contributed by atoms with Gasteiger partial charge in [-0.15, -0.1) is 0 Å². The smallest absolute Gasteiger partial charge is 0.234 e. The predicted octanol–water partition coefficient (Wildman–Crippen LogP) is 0.880. The second-order valence-electron chi connectivity index (χ2n) is 4.92. The van der Waals surface area contributed by atoms with Crippen molar-refractivity contribution in [2.45, 2.75) is 31.8 Å². The third kappa shape index (κ3) is 3.58. The molecule has 1 aromatic rings. The van der Waals surface area contributed by atoms with Crippen LogP contribution in [0.5, 0.6) is 0 Å². The van der Waals surface area contributed by atoms with Crippen molar-refractivity contribution in [3.63, 3.8) is 0 Å². The fourth-order valence-electron chi connectivity index (χ4n) is 2.21. The number of likely N-dealkylation sites (tertiary alicyclic amines) is 1. The van der Waals surface area contributed by atoms with Crippen LogP contribution in [0.4, 0.5) is 0 Å². The van der Waals surface area contributed by atoms with Gasteiger partial charge in [-0.3, -0.25) is 9.69 Å². The van der Waals surface area contributed by atoms with Gasteiger partial charge in [0.1, 0.15) is 5.76 Å². The van der Waals surface area contributed by atoms with Gasteiger partial charge in [-0.1, -0.05) is 0 Å². The monoisotopic (exact) mass is 251 g/mol. The van der Waals surface area contributed by atoms with Crippen LogP contribution >= 0.6 is 0 Å². The highest BCUT2D eigenvalue weighted by Crippen LogP contribution is 2.12. The van der Waals surface area contributed by atoms with Crippen molar-refractivity contribution in [1.29, 1.82) is 0 Å². The standard InChI is InChI=1S/C13H21N3O2/c1-10(12-3-2-8-18-12)15-13(17)9-16-6-4-11(14)5-7-16/h2-3,8,10-11H,4-7,9,14H2,1H3,(H,15,17)/t10-/m0/s1. The molecule has 1 aliphatic rings. The summed E-state index contributed by atoms with van der Waals surface area (Å²) in [6, 6.07) is 3.90. The van der Waals surface area contributed by atoms with E-state index in [2.05, 4.69) is 10.2 Å². The number of nitrogens with zero attached hydrogens (tertiary/aromatic N) is 1. The average Bonchev–Trinajstić information content (AvgIpc) is 2.85. The highest BCUT2D eigenvalue weighted by atomic mass is 16.3. The minimum Gasteiger partial charge on any atom is -0.467 e. The molecule has 0 aromatic carbocycles. The van der Waals surface area contributed by atoms with Crippen molar-refractivity contribution >= 4 is 5.91 Å². The highest BCUT2D eigenvalue weighted by Gasteiger charge is 2.19. The minimum absolute atomic E-state index is 0.0365. The van der Waals surface area contributed by atoms with Crippen LogP contribution < -0.4 is 11.1 Å². The van der Waals surface area contributed by atoms with Crippen LogP contribution in [0.3, 0.4) is 0 Å². The topological polar surface area (TPSA) is 71.5 Å². The second-order valence-corrected chi connectivity index (χ2v) is 4.92. The molecular formula is C13H21N3O2. The number of nitrogens with one attached hydrogen (secondary N) is 1. The maximum atomic E-state index is 11.9. The molecule has 1 saturated heterocycles. The molecule has 5 heteroatoms. The first-order valence-electron chi connectivity index (χ1n) is 6.46. The van der Waals surface area contributed by atoms with E-state index in [9.17, 15) is 4.79 Å². The van der Waals surface area contributed by atoms with Gasteiger partial charge in [0.2, 0.25) is 5.91 Å². The Bertz CT molecular complexity index is 370. The summed E-state index contributed by atoms with van der Waals surface area (Å²) in [4.78, 5) is 14.0. The summed E-state index contributed by atoms with van der Waals surface area (Å²) in [7, 11) is 0. The Morgan fingerprint density at radius 2 is 2.33 bits per heavy atom. The summed E-state index contributed by atoms with van der Waals surface area (Å²) < 4.78 is 5.26. The van der Waals surface area contributed by atoms with E-state index in [0.717, 1.165) is 31.7 Å². The van der Waals surface area contributed by atoms with E-state index < -0.39 is 0 Å². The van der Waals surface area contributed by atoms with Gasteiger partial charge in [-0.25, -0.2) is 0 Å². The van der Waals surface area contributed by atoms with Gasteiger partial charge in [0, 0.05) is 19.1 Å². The summed E-state index contributed by atoms with van der Waals surface area (Å²) in [6.07, 6.45) is 3.56. The molecule has 2 heterocycles. The molecule has 0 saturated carbocycles. The first kappa shape index (κ1) is 13.1. The molecule has 3 N–H and O–H groups in total. The lowest BCUT2D eigenvalue weighted by molar-refractivity contribution is -0.123. The minimum atomic E-state index is -0.0838. The fourth-order valence-corrected chi connectivity index (χ4v) is 2.21. The van der Waals surface area contributed by atoms with Gasteiger partial charge in [-0.2, -0.15) is 0 Å². The molecule has 1 amide bonds. The number of amides is 1. The van der Waals surface area contributed by atoms with Gasteiger partial charge in [0.15, 0.2) is 0 Å². The number of nitrogens with two attached hydrogens (primary N) is 1. The number of furan rings is 1. The number of hydrogen-bond donors (Lipinski definition) is 2. The van der Waals surface area contributed by atoms with Crippen molar-refractivity contribution in [1.82, 2.24) is 10.2 Å². The molecule has 0 bridgehead atoms. The Hall–Kier alpha value is -1.33. The number of carbonyl (C=O) groups is 1. The van der Waals surface area contributed by atoms with Crippen LogP contribution in [-0.2, 0) is 4.79 Å². The normalized spacial score (nSPS) is 19.7. The van der Waals surface area contributed by atoms with Crippen molar-refractivity contribution in [2.75, 3.05) is 19.6 Å². The van der Waals surface area contributed by atoms with Crippen molar-refractivity contribution in [3.05, 3.63) is 24.2 Å². The van der Waals surface area contributed by atoms with Crippen molar-refractivity contribution in [3.8, 4) is 0 Å². The molecule has 0 aliphatic carbocycles. The molecule has 2 rings (SSSR count). The lowest BCUT2D eigenvalue weighted by Crippen LogP contribution is -2.44. The largest absolute Gasteiger partial charge is 0.467 e. The zero-order chi connectivity index (χ0) is 13.0. The van der Waals surface area contributed by atoms with E-state index in [-0.39, 0.29) is 11.9 Å². The molecule has 100 valence electrons. The molecule has 18 heavy (non-hydrogen) atoms. The summed E-state index contributed by atoms with van der Waals surface area (Å²) >= 11 is 0. The van der Waals surface area contributed by atoms with Gasteiger partial charge in [0.25, 0.3) is 0 Å².